The van der Waals surface area contributed by atoms with Gasteiger partial charge in [0.05, 0.1) is 6.20 Å². The number of nitrogens with one attached hydrogen (secondary N) is 3. The molecule has 3 N–H and O–H groups in total. The molecule has 0 radical (unpaired) electrons. The Labute approximate surface area is 138 Å². The number of carbonyl (C=O) groups is 1. The molecule has 1 heterocycles. The zero-order valence-corrected chi connectivity index (χ0v) is 14.9. The summed E-state index contributed by atoms with van der Waals surface area (Å²) in [5.74, 6) is 2.17. The largest absolute Gasteiger partial charge is 0.444 e. The molecule has 0 saturated heterocycles. The summed E-state index contributed by atoms with van der Waals surface area (Å²) >= 11 is 0. The lowest BCUT2D eigenvalue weighted by Gasteiger charge is -2.32. The Bertz CT molecular complexity index is 521. The number of carbonyl (C=O) groups excluding carboxylic acids is 1. The minimum atomic E-state index is -0.516. The molecule has 6 heteroatoms. The molecule has 1 aliphatic rings. The van der Waals surface area contributed by atoms with Gasteiger partial charge in [0, 0.05) is 18.2 Å². The Morgan fingerprint density at radius 1 is 1.35 bits per heavy atom. The average Bonchev–Trinajstić information content (AvgIpc) is 2.85. The number of hydrogen-bond acceptors (Lipinski definition) is 4. The third-order valence-corrected chi connectivity index (χ3v) is 4.52. The van der Waals surface area contributed by atoms with E-state index >= 15 is 0 Å². The molecule has 0 bridgehead atoms. The van der Waals surface area contributed by atoms with Crippen molar-refractivity contribution in [3.8, 4) is 0 Å². The van der Waals surface area contributed by atoms with Gasteiger partial charge in [-0.1, -0.05) is 13.8 Å². The summed E-state index contributed by atoms with van der Waals surface area (Å²) in [6, 6.07) is 0.533. The van der Waals surface area contributed by atoms with Crippen LogP contribution in [0.2, 0.25) is 0 Å². The van der Waals surface area contributed by atoms with E-state index in [2.05, 4.69) is 34.7 Å². The number of amides is 1. The van der Waals surface area contributed by atoms with Crippen molar-refractivity contribution in [2.45, 2.75) is 72.1 Å². The van der Waals surface area contributed by atoms with E-state index in [1.54, 1.807) is 6.20 Å². The van der Waals surface area contributed by atoms with Crippen molar-refractivity contribution < 1.29 is 9.53 Å². The number of ether oxygens (including phenoxy) is 1. The van der Waals surface area contributed by atoms with Gasteiger partial charge in [0.25, 0.3) is 0 Å². The lowest BCUT2D eigenvalue weighted by Crippen LogP contribution is -2.36. The first-order chi connectivity index (χ1) is 10.7. The number of H-pyrrole nitrogens is 1. The van der Waals surface area contributed by atoms with Crippen molar-refractivity contribution in [2.24, 2.45) is 11.8 Å². The molecule has 1 aliphatic carbocycles. The zero-order valence-electron chi connectivity index (χ0n) is 14.9. The number of nitrogens with zero attached hydrogens (tertiary/aromatic N) is 1. The van der Waals surface area contributed by atoms with Crippen LogP contribution in [0.3, 0.4) is 0 Å². The summed E-state index contributed by atoms with van der Waals surface area (Å²) < 4.78 is 5.27. The summed E-state index contributed by atoms with van der Waals surface area (Å²) in [7, 11) is 0. The van der Waals surface area contributed by atoms with Crippen molar-refractivity contribution in [1.82, 2.24) is 15.5 Å². The Morgan fingerprint density at radius 3 is 2.74 bits per heavy atom. The summed E-state index contributed by atoms with van der Waals surface area (Å²) in [4.78, 5) is 11.9. The lowest BCUT2D eigenvalue weighted by molar-refractivity contribution is 0.0635. The molecule has 1 aromatic rings. The van der Waals surface area contributed by atoms with Gasteiger partial charge < -0.3 is 10.1 Å². The monoisotopic (exact) mass is 322 g/mol. The van der Waals surface area contributed by atoms with Crippen molar-refractivity contribution in [2.75, 3.05) is 5.32 Å². The summed E-state index contributed by atoms with van der Waals surface area (Å²) in [6.07, 6.45) is 4.96. The van der Waals surface area contributed by atoms with Gasteiger partial charge in [-0.05, 0) is 51.9 Å². The molecule has 3 unspecified atom stereocenters. The molecule has 3 atom stereocenters. The second-order valence-electron chi connectivity index (χ2n) is 7.74. The molecule has 0 aromatic carbocycles. The second kappa shape index (κ2) is 7.34. The van der Waals surface area contributed by atoms with Gasteiger partial charge in [-0.25, -0.2) is 4.79 Å². The van der Waals surface area contributed by atoms with E-state index in [-0.39, 0.29) is 0 Å². The topological polar surface area (TPSA) is 79.0 Å². The van der Waals surface area contributed by atoms with Crippen molar-refractivity contribution in [3.05, 3.63) is 11.8 Å². The van der Waals surface area contributed by atoms with Crippen LogP contribution in [0.5, 0.6) is 0 Å². The quantitative estimate of drug-likeness (QED) is 0.790. The van der Waals surface area contributed by atoms with Gasteiger partial charge in [0.1, 0.15) is 11.4 Å². The third kappa shape index (κ3) is 5.53. The standard InChI is InChI=1S/C17H30N4O2/c1-11-6-7-14(8-12(11)2)18-9-13-10-19-21-15(13)20-16(22)23-17(3,4)5/h10-12,14,18H,6-9H2,1-5H3,(H2,19,20,21,22). The fourth-order valence-corrected chi connectivity index (χ4v) is 2.95. The highest BCUT2D eigenvalue weighted by atomic mass is 16.6. The third-order valence-electron chi connectivity index (χ3n) is 4.52. The SMILES string of the molecule is CC1CCC(NCc2cn[nH]c2NC(=O)OC(C)(C)C)CC1C. The minimum absolute atomic E-state index is 0.469. The second-order valence-corrected chi connectivity index (χ2v) is 7.74. The van der Waals surface area contributed by atoms with E-state index in [1.165, 1.54) is 19.3 Å². The first-order valence-electron chi connectivity index (χ1n) is 8.50. The smallest absolute Gasteiger partial charge is 0.413 e. The molecule has 130 valence electrons. The molecule has 1 amide bonds. The van der Waals surface area contributed by atoms with Crippen LogP contribution in [0.25, 0.3) is 0 Å². The fourth-order valence-electron chi connectivity index (χ4n) is 2.95. The predicted molar refractivity (Wildman–Crippen MR) is 91.3 cm³/mol. The van der Waals surface area contributed by atoms with Crippen LogP contribution in [0.15, 0.2) is 6.20 Å². The minimum Gasteiger partial charge on any atom is -0.444 e. The summed E-state index contributed by atoms with van der Waals surface area (Å²) in [6.45, 7) is 10.9. The van der Waals surface area contributed by atoms with E-state index in [1.807, 2.05) is 20.8 Å². The van der Waals surface area contributed by atoms with Gasteiger partial charge in [-0.15, -0.1) is 0 Å². The molecule has 1 aromatic heterocycles. The van der Waals surface area contributed by atoms with E-state index in [9.17, 15) is 4.79 Å². The van der Waals surface area contributed by atoms with Crippen LogP contribution in [0.1, 0.15) is 59.4 Å². The van der Waals surface area contributed by atoms with Crippen LogP contribution >= 0.6 is 0 Å². The highest BCUT2D eigenvalue weighted by Gasteiger charge is 2.24. The van der Waals surface area contributed by atoms with E-state index < -0.39 is 11.7 Å². The predicted octanol–water partition coefficient (Wildman–Crippen LogP) is 3.67. The number of hydrogen-bond donors (Lipinski definition) is 3. The average molecular weight is 322 g/mol. The Hall–Kier alpha value is -1.56. The Kier molecular flexibility index (Phi) is 5.68. The van der Waals surface area contributed by atoms with Crippen LogP contribution in [-0.4, -0.2) is 27.9 Å². The lowest BCUT2D eigenvalue weighted by atomic mass is 9.79. The van der Waals surface area contributed by atoms with Crippen molar-refractivity contribution >= 4 is 11.9 Å². The van der Waals surface area contributed by atoms with Gasteiger partial charge in [-0.2, -0.15) is 5.10 Å². The molecule has 1 fully saturated rings. The van der Waals surface area contributed by atoms with E-state index in [0.717, 1.165) is 17.4 Å². The molecule has 6 nitrogen and oxygen atoms in total. The summed E-state index contributed by atoms with van der Waals surface area (Å²) in [5, 5.41) is 13.2. The van der Waals surface area contributed by atoms with Crippen LogP contribution < -0.4 is 10.6 Å². The van der Waals surface area contributed by atoms with Crippen molar-refractivity contribution in [1.29, 1.82) is 0 Å². The molecule has 23 heavy (non-hydrogen) atoms. The number of anilines is 1. The normalized spacial score (nSPS) is 25.2. The number of aromatic nitrogens is 2. The van der Waals surface area contributed by atoms with Crippen LogP contribution in [-0.2, 0) is 11.3 Å². The maximum absolute atomic E-state index is 11.9. The van der Waals surface area contributed by atoms with Gasteiger partial charge in [-0.3, -0.25) is 10.4 Å². The van der Waals surface area contributed by atoms with E-state index in [4.69, 9.17) is 4.74 Å². The van der Waals surface area contributed by atoms with Gasteiger partial charge in [0.15, 0.2) is 0 Å². The molecule has 1 saturated carbocycles. The first kappa shape index (κ1) is 17.8. The highest BCUT2D eigenvalue weighted by molar-refractivity contribution is 5.84. The Balaban J connectivity index is 1.85. The van der Waals surface area contributed by atoms with Crippen LogP contribution in [0, 0.1) is 11.8 Å². The maximum atomic E-state index is 11.9. The Morgan fingerprint density at radius 2 is 2.09 bits per heavy atom. The van der Waals surface area contributed by atoms with Crippen LogP contribution in [0.4, 0.5) is 10.6 Å². The number of rotatable bonds is 4. The highest BCUT2D eigenvalue weighted by Crippen LogP contribution is 2.29. The van der Waals surface area contributed by atoms with Crippen molar-refractivity contribution in [3.63, 3.8) is 0 Å². The van der Waals surface area contributed by atoms with Gasteiger partial charge >= 0.3 is 6.09 Å². The molecule has 0 spiro atoms. The molecular formula is C17H30N4O2. The maximum Gasteiger partial charge on any atom is 0.413 e. The first-order valence-corrected chi connectivity index (χ1v) is 8.50. The number of aromatic amines is 1. The van der Waals surface area contributed by atoms with E-state index in [0.29, 0.717) is 18.4 Å². The molecule has 0 aliphatic heterocycles. The van der Waals surface area contributed by atoms with Gasteiger partial charge in [0.2, 0.25) is 0 Å². The summed E-state index contributed by atoms with van der Waals surface area (Å²) in [5.41, 5.74) is 0.430. The fraction of sp³-hybridized carbons (Fsp3) is 0.765. The molecular weight excluding hydrogens is 292 g/mol. The molecule has 2 rings (SSSR count). The zero-order chi connectivity index (χ0) is 17.0.